The summed E-state index contributed by atoms with van der Waals surface area (Å²) >= 11 is 5.80. The van der Waals surface area contributed by atoms with Crippen LogP contribution in [-0.4, -0.2) is 36.4 Å². The monoisotopic (exact) mass is 298 g/mol. The third kappa shape index (κ3) is 4.11. The van der Waals surface area contributed by atoms with E-state index in [1.807, 2.05) is 0 Å². The summed E-state index contributed by atoms with van der Waals surface area (Å²) in [6, 6.07) is 3.73. The first-order chi connectivity index (χ1) is 9.54. The van der Waals surface area contributed by atoms with Gasteiger partial charge in [-0.15, -0.1) is 0 Å². The maximum Gasteiger partial charge on any atom is 0.335 e. The van der Waals surface area contributed by atoms with Crippen molar-refractivity contribution in [3.8, 4) is 0 Å². The Morgan fingerprint density at radius 2 is 2.20 bits per heavy atom. The first-order valence-electron chi connectivity index (χ1n) is 6.25. The van der Waals surface area contributed by atoms with Crippen LogP contribution in [0.25, 0.3) is 0 Å². The number of carbonyl (C=O) groups is 2. The highest BCUT2D eigenvalue weighted by molar-refractivity contribution is 6.31. The fraction of sp³-hybridized carbons (Fsp3) is 0.385. The molecular formula is C13H15ClN2O4. The van der Waals surface area contributed by atoms with E-state index >= 15 is 0 Å². The number of rotatable bonds is 4. The van der Waals surface area contributed by atoms with Gasteiger partial charge in [-0.25, -0.2) is 9.59 Å². The lowest BCUT2D eigenvalue weighted by Crippen LogP contribution is -2.35. The molecule has 0 bridgehead atoms. The number of nitrogens with one attached hydrogen (secondary N) is 2. The second-order valence-electron chi connectivity index (χ2n) is 4.50. The predicted molar refractivity (Wildman–Crippen MR) is 74.4 cm³/mol. The molecule has 1 fully saturated rings. The summed E-state index contributed by atoms with van der Waals surface area (Å²) in [4.78, 5) is 22.6. The van der Waals surface area contributed by atoms with E-state index in [-0.39, 0.29) is 16.7 Å². The van der Waals surface area contributed by atoms with E-state index in [4.69, 9.17) is 21.4 Å². The van der Waals surface area contributed by atoms with E-state index < -0.39 is 12.0 Å². The minimum atomic E-state index is -1.10. The van der Waals surface area contributed by atoms with Crippen molar-refractivity contribution >= 4 is 29.3 Å². The average molecular weight is 299 g/mol. The van der Waals surface area contributed by atoms with Crippen LogP contribution in [0.15, 0.2) is 18.2 Å². The molecule has 7 heteroatoms. The highest BCUT2D eigenvalue weighted by Gasteiger charge is 2.16. The van der Waals surface area contributed by atoms with Crippen molar-refractivity contribution in [2.75, 3.05) is 18.5 Å². The standard InChI is InChI=1S/C13H15ClN2O4/c14-9-4-8(12(17)18)5-10(6-9)16-13(19)15-7-11-2-1-3-20-11/h4-6,11H,1-3,7H2,(H,17,18)(H2,15,16,19). The second-order valence-corrected chi connectivity index (χ2v) is 4.94. The molecule has 1 aromatic carbocycles. The average Bonchev–Trinajstić information content (AvgIpc) is 2.88. The number of anilines is 1. The van der Waals surface area contributed by atoms with Gasteiger partial charge < -0.3 is 20.5 Å². The van der Waals surface area contributed by atoms with Gasteiger partial charge in [0, 0.05) is 23.9 Å². The predicted octanol–water partition coefficient (Wildman–Crippen LogP) is 2.34. The molecule has 0 spiro atoms. The normalized spacial score (nSPS) is 17.8. The number of ether oxygens (including phenoxy) is 1. The molecule has 0 aromatic heterocycles. The molecule has 6 nitrogen and oxygen atoms in total. The zero-order valence-electron chi connectivity index (χ0n) is 10.7. The van der Waals surface area contributed by atoms with Gasteiger partial charge in [0.15, 0.2) is 0 Å². The fourth-order valence-electron chi connectivity index (χ4n) is 1.97. The van der Waals surface area contributed by atoms with Gasteiger partial charge in [0.2, 0.25) is 0 Å². The maximum absolute atomic E-state index is 11.7. The van der Waals surface area contributed by atoms with E-state index in [0.29, 0.717) is 12.2 Å². The van der Waals surface area contributed by atoms with Crippen LogP contribution in [0.2, 0.25) is 5.02 Å². The third-order valence-corrected chi connectivity index (χ3v) is 3.14. The Kier molecular flexibility index (Phi) is 4.81. The van der Waals surface area contributed by atoms with Gasteiger partial charge in [-0.1, -0.05) is 11.6 Å². The molecule has 1 aliphatic rings. The molecule has 0 saturated carbocycles. The van der Waals surface area contributed by atoms with Gasteiger partial charge in [-0.05, 0) is 31.0 Å². The molecule has 1 saturated heterocycles. The van der Waals surface area contributed by atoms with Crippen LogP contribution in [-0.2, 0) is 4.74 Å². The summed E-state index contributed by atoms with van der Waals surface area (Å²) in [6.07, 6.45) is 1.99. The molecule has 1 unspecified atom stereocenters. The third-order valence-electron chi connectivity index (χ3n) is 2.92. The summed E-state index contributed by atoms with van der Waals surface area (Å²) in [6.45, 7) is 1.16. The molecule has 0 aliphatic carbocycles. The van der Waals surface area contributed by atoms with Crippen molar-refractivity contribution in [2.24, 2.45) is 0 Å². The Hall–Kier alpha value is -1.79. The van der Waals surface area contributed by atoms with Crippen LogP contribution in [0.5, 0.6) is 0 Å². The van der Waals surface area contributed by atoms with Crippen LogP contribution in [0.1, 0.15) is 23.2 Å². The summed E-state index contributed by atoms with van der Waals surface area (Å²) in [5, 5.41) is 14.4. The number of hydrogen-bond acceptors (Lipinski definition) is 3. The molecular weight excluding hydrogens is 284 g/mol. The van der Waals surface area contributed by atoms with Crippen LogP contribution in [0.3, 0.4) is 0 Å². The zero-order valence-corrected chi connectivity index (χ0v) is 11.4. The molecule has 1 heterocycles. The first-order valence-corrected chi connectivity index (χ1v) is 6.63. The molecule has 1 aromatic rings. The summed E-state index contributed by atoms with van der Waals surface area (Å²) in [5.74, 6) is -1.10. The second kappa shape index (κ2) is 6.58. The fourth-order valence-corrected chi connectivity index (χ4v) is 2.21. The smallest absolute Gasteiger partial charge is 0.335 e. The number of carboxylic acids is 1. The highest BCUT2D eigenvalue weighted by Crippen LogP contribution is 2.19. The van der Waals surface area contributed by atoms with Crippen LogP contribution >= 0.6 is 11.6 Å². The quantitative estimate of drug-likeness (QED) is 0.796. The molecule has 3 N–H and O–H groups in total. The van der Waals surface area contributed by atoms with Gasteiger partial charge in [0.25, 0.3) is 0 Å². The van der Waals surface area contributed by atoms with E-state index in [1.54, 1.807) is 0 Å². The number of halogens is 1. The Bertz CT molecular complexity index is 515. The summed E-state index contributed by atoms with van der Waals surface area (Å²) in [5.41, 5.74) is 0.353. The van der Waals surface area contributed by atoms with Crippen molar-refractivity contribution in [1.82, 2.24) is 5.32 Å². The number of carboxylic acid groups (broad SMARTS) is 1. The number of benzene rings is 1. The molecule has 108 valence electrons. The van der Waals surface area contributed by atoms with Gasteiger partial charge in [0.05, 0.1) is 11.7 Å². The largest absolute Gasteiger partial charge is 0.478 e. The summed E-state index contributed by atoms with van der Waals surface area (Å²) < 4.78 is 5.38. The highest BCUT2D eigenvalue weighted by atomic mass is 35.5. The SMILES string of the molecule is O=C(NCC1CCCO1)Nc1cc(Cl)cc(C(=O)O)c1. The Balaban J connectivity index is 1.91. The van der Waals surface area contributed by atoms with Crippen molar-refractivity contribution < 1.29 is 19.4 Å². The zero-order chi connectivity index (χ0) is 14.5. The van der Waals surface area contributed by atoms with Crippen LogP contribution in [0, 0.1) is 0 Å². The molecule has 2 rings (SSSR count). The lowest BCUT2D eigenvalue weighted by atomic mass is 10.2. The van der Waals surface area contributed by atoms with Crippen molar-refractivity contribution in [3.63, 3.8) is 0 Å². The molecule has 0 radical (unpaired) electrons. The van der Waals surface area contributed by atoms with E-state index in [0.717, 1.165) is 19.4 Å². The topological polar surface area (TPSA) is 87.7 Å². The minimum absolute atomic E-state index is 0.0203. The Morgan fingerprint density at radius 3 is 2.85 bits per heavy atom. The van der Waals surface area contributed by atoms with Gasteiger partial charge in [-0.2, -0.15) is 0 Å². The van der Waals surface area contributed by atoms with E-state index in [9.17, 15) is 9.59 Å². The van der Waals surface area contributed by atoms with Gasteiger partial charge in [0.1, 0.15) is 0 Å². The Morgan fingerprint density at radius 1 is 1.40 bits per heavy atom. The maximum atomic E-state index is 11.7. The van der Waals surface area contributed by atoms with Gasteiger partial charge >= 0.3 is 12.0 Å². The van der Waals surface area contributed by atoms with Crippen LogP contribution in [0.4, 0.5) is 10.5 Å². The number of aromatic carboxylic acids is 1. The lowest BCUT2D eigenvalue weighted by molar-refractivity contribution is 0.0697. The van der Waals surface area contributed by atoms with Crippen molar-refractivity contribution in [1.29, 1.82) is 0 Å². The molecule has 2 amide bonds. The number of amides is 2. The molecule has 1 atom stereocenters. The molecule has 1 aliphatic heterocycles. The summed E-state index contributed by atoms with van der Waals surface area (Å²) in [7, 11) is 0. The number of urea groups is 1. The van der Waals surface area contributed by atoms with E-state index in [2.05, 4.69) is 10.6 Å². The van der Waals surface area contributed by atoms with Gasteiger partial charge in [-0.3, -0.25) is 0 Å². The minimum Gasteiger partial charge on any atom is -0.478 e. The lowest BCUT2D eigenvalue weighted by Gasteiger charge is -2.12. The van der Waals surface area contributed by atoms with E-state index in [1.165, 1.54) is 18.2 Å². The van der Waals surface area contributed by atoms with Crippen LogP contribution < -0.4 is 10.6 Å². The number of carbonyl (C=O) groups excluding carboxylic acids is 1. The molecule has 20 heavy (non-hydrogen) atoms. The number of hydrogen-bond donors (Lipinski definition) is 3. The Labute approximate surface area is 121 Å². The van der Waals surface area contributed by atoms with Crippen molar-refractivity contribution in [3.05, 3.63) is 28.8 Å². The van der Waals surface area contributed by atoms with Crippen molar-refractivity contribution in [2.45, 2.75) is 18.9 Å². The first kappa shape index (κ1) is 14.6.